The van der Waals surface area contributed by atoms with E-state index in [4.69, 9.17) is 6.42 Å². The highest BCUT2D eigenvalue weighted by Crippen LogP contribution is 2.48. The fourth-order valence-electron chi connectivity index (χ4n) is 3.43. The lowest BCUT2D eigenvalue weighted by molar-refractivity contribution is -0.146. The first-order valence-corrected chi connectivity index (χ1v) is 6.89. The van der Waals surface area contributed by atoms with Crippen LogP contribution in [0.2, 0.25) is 0 Å². The van der Waals surface area contributed by atoms with E-state index in [2.05, 4.69) is 11.2 Å². The molecule has 2 N–H and O–H groups in total. The molecule has 0 aliphatic heterocycles. The van der Waals surface area contributed by atoms with Gasteiger partial charge in [-0.25, -0.2) is 0 Å². The zero-order valence-corrected chi connectivity index (χ0v) is 11.3. The van der Waals surface area contributed by atoms with Gasteiger partial charge in [-0.15, -0.1) is 6.42 Å². The van der Waals surface area contributed by atoms with Crippen LogP contribution in [-0.2, 0) is 9.59 Å². The molecule has 21 heavy (non-hydrogen) atoms. The number of rotatable bonds is 3. The van der Waals surface area contributed by atoms with Crippen LogP contribution in [0.5, 0.6) is 0 Å². The minimum atomic E-state index is -0.899. The summed E-state index contributed by atoms with van der Waals surface area (Å²) in [5, 5.41) is 12.2. The Labute approximate surface area is 122 Å². The van der Waals surface area contributed by atoms with Gasteiger partial charge in [0.25, 0.3) is 0 Å². The highest BCUT2D eigenvalue weighted by molar-refractivity contribution is 5.96. The molecule has 3 rings (SSSR count). The smallest absolute Gasteiger partial charge is 0.307 e. The van der Waals surface area contributed by atoms with E-state index in [1.165, 1.54) is 0 Å². The number of allylic oxidation sites excluding steroid dienone is 2. The van der Waals surface area contributed by atoms with Crippen LogP contribution in [0.25, 0.3) is 0 Å². The molecule has 1 aromatic carbocycles. The number of nitrogens with one attached hydrogen (secondary N) is 1. The Morgan fingerprint density at radius 2 is 1.95 bits per heavy atom. The Bertz CT molecular complexity index is 671. The number of hydrogen-bond donors (Lipinski definition) is 2. The SMILES string of the molecule is C#Cc1cccc(NC(=O)C2C3C=CC(C3)C2C(=O)O)c1. The van der Waals surface area contributed by atoms with E-state index in [1.54, 1.807) is 24.3 Å². The van der Waals surface area contributed by atoms with Crippen molar-refractivity contribution >= 4 is 17.6 Å². The molecular weight excluding hydrogens is 266 g/mol. The number of fused-ring (bicyclic) bond motifs is 2. The first-order chi connectivity index (χ1) is 10.1. The normalized spacial score (nSPS) is 29.1. The van der Waals surface area contributed by atoms with Crippen molar-refractivity contribution in [2.45, 2.75) is 6.42 Å². The van der Waals surface area contributed by atoms with Gasteiger partial charge in [-0.05, 0) is 36.5 Å². The Hall–Kier alpha value is -2.54. The number of amides is 1. The third-order valence-electron chi connectivity index (χ3n) is 4.34. The van der Waals surface area contributed by atoms with Crippen molar-refractivity contribution in [3.8, 4) is 12.3 Å². The van der Waals surface area contributed by atoms with Crippen LogP contribution < -0.4 is 5.32 Å². The molecule has 2 aliphatic carbocycles. The second-order valence-electron chi connectivity index (χ2n) is 5.55. The number of carboxylic acid groups (broad SMARTS) is 1. The van der Waals surface area contributed by atoms with Gasteiger partial charge in [-0.3, -0.25) is 9.59 Å². The molecule has 4 heteroatoms. The second-order valence-corrected chi connectivity index (χ2v) is 5.55. The number of carbonyl (C=O) groups excluding carboxylic acids is 1. The predicted octanol–water partition coefficient (Wildman–Crippen LogP) is 2.13. The summed E-state index contributed by atoms with van der Waals surface area (Å²) in [6.07, 6.45) is 9.97. The monoisotopic (exact) mass is 281 g/mol. The van der Waals surface area contributed by atoms with E-state index in [0.717, 1.165) is 6.42 Å². The number of aliphatic carboxylic acids is 1. The van der Waals surface area contributed by atoms with Gasteiger partial charge in [-0.2, -0.15) is 0 Å². The second kappa shape index (κ2) is 5.10. The zero-order chi connectivity index (χ0) is 15.0. The van der Waals surface area contributed by atoms with E-state index in [-0.39, 0.29) is 17.7 Å². The van der Waals surface area contributed by atoms with Crippen molar-refractivity contribution in [3.63, 3.8) is 0 Å². The van der Waals surface area contributed by atoms with E-state index < -0.39 is 17.8 Å². The number of hydrogen-bond acceptors (Lipinski definition) is 2. The molecule has 1 saturated carbocycles. The number of carbonyl (C=O) groups is 2. The van der Waals surface area contributed by atoms with E-state index in [9.17, 15) is 14.7 Å². The van der Waals surface area contributed by atoms with Crippen molar-refractivity contribution < 1.29 is 14.7 Å². The quantitative estimate of drug-likeness (QED) is 0.659. The Kier molecular flexibility index (Phi) is 3.26. The van der Waals surface area contributed by atoms with Gasteiger partial charge in [0.15, 0.2) is 0 Å². The molecule has 0 spiro atoms. The molecule has 4 nitrogen and oxygen atoms in total. The largest absolute Gasteiger partial charge is 0.481 e. The minimum absolute atomic E-state index is 0.0203. The van der Waals surface area contributed by atoms with Crippen molar-refractivity contribution in [1.29, 1.82) is 0 Å². The maximum atomic E-state index is 12.5. The van der Waals surface area contributed by atoms with Crippen LogP contribution in [0.1, 0.15) is 12.0 Å². The summed E-state index contributed by atoms with van der Waals surface area (Å²) in [6.45, 7) is 0. The number of carboxylic acids is 1. The van der Waals surface area contributed by atoms with Crippen molar-refractivity contribution in [3.05, 3.63) is 42.0 Å². The summed E-state index contributed by atoms with van der Waals surface area (Å²) in [7, 11) is 0. The maximum Gasteiger partial charge on any atom is 0.307 e. The number of terminal acetylenes is 1. The molecule has 0 radical (unpaired) electrons. The Morgan fingerprint density at radius 1 is 1.24 bits per heavy atom. The molecule has 1 amide bonds. The third kappa shape index (κ3) is 2.31. The fourth-order valence-corrected chi connectivity index (χ4v) is 3.43. The average molecular weight is 281 g/mol. The summed E-state index contributed by atoms with van der Waals surface area (Å²) in [5.41, 5.74) is 1.28. The fraction of sp³-hybridized carbons (Fsp3) is 0.294. The highest BCUT2D eigenvalue weighted by atomic mass is 16.4. The summed E-state index contributed by atoms with van der Waals surface area (Å²) < 4.78 is 0. The van der Waals surface area contributed by atoms with Crippen molar-refractivity contribution in [1.82, 2.24) is 0 Å². The molecule has 1 fully saturated rings. The van der Waals surface area contributed by atoms with E-state index in [0.29, 0.717) is 11.3 Å². The molecule has 4 unspecified atom stereocenters. The van der Waals surface area contributed by atoms with Crippen LogP contribution in [-0.4, -0.2) is 17.0 Å². The molecule has 1 aromatic rings. The summed E-state index contributed by atoms with van der Waals surface area (Å²) in [4.78, 5) is 23.9. The van der Waals surface area contributed by atoms with Crippen LogP contribution in [0, 0.1) is 36.0 Å². The van der Waals surface area contributed by atoms with Crippen LogP contribution in [0.15, 0.2) is 36.4 Å². The molecule has 0 aromatic heterocycles. The molecule has 106 valence electrons. The van der Waals surface area contributed by atoms with Gasteiger partial charge in [0, 0.05) is 11.3 Å². The first kappa shape index (κ1) is 13.4. The van der Waals surface area contributed by atoms with Crippen molar-refractivity contribution in [2.75, 3.05) is 5.32 Å². The van der Waals surface area contributed by atoms with Gasteiger partial charge < -0.3 is 10.4 Å². The lowest BCUT2D eigenvalue weighted by atomic mass is 9.82. The highest BCUT2D eigenvalue weighted by Gasteiger charge is 2.51. The van der Waals surface area contributed by atoms with Gasteiger partial charge in [0.05, 0.1) is 11.8 Å². The van der Waals surface area contributed by atoms with E-state index in [1.807, 2.05) is 12.2 Å². The molecule has 0 saturated heterocycles. The van der Waals surface area contributed by atoms with Crippen LogP contribution in [0.3, 0.4) is 0 Å². The lowest BCUT2D eigenvalue weighted by Crippen LogP contribution is -2.36. The molecule has 2 bridgehead atoms. The summed E-state index contributed by atoms with van der Waals surface area (Å²) >= 11 is 0. The zero-order valence-electron chi connectivity index (χ0n) is 11.3. The predicted molar refractivity (Wildman–Crippen MR) is 78.4 cm³/mol. The van der Waals surface area contributed by atoms with E-state index >= 15 is 0 Å². The topological polar surface area (TPSA) is 66.4 Å². The summed E-state index contributed by atoms with van der Waals surface area (Å²) in [5.74, 6) is 0.223. The molecule has 4 atom stereocenters. The molecule has 2 aliphatic rings. The minimum Gasteiger partial charge on any atom is -0.481 e. The molecular formula is C17H15NO3. The first-order valence-electron chi connectivity index (χ1n) is 6.89. The Balaban J connectivity index is 1.80. The number of benzene rings is 1. The maximum absolute atomic E-state index is 12.5. The third-order valence-corrected chi connectivity index (χ3v) is 4.34. The average Bonchev–Trinajstić information content (AvgIpc) is 3.07. The summed E-state index contributed by atoms with van der Waals surface area (Å²) in [6, 6.07) is 6.99. The number of anilines is 1. The van der Waals surface area contributed by atoms with Gasteiger partial charge in [-0.1, -0.05) is 24.1 Å². The lowest BCUT2D eigenvalue weighted by Gasteiger charge is -2.23. The molecule has 0 heterocycles. The Morgan fingerprint density at radius 3 is 2.62 bits per heavy atom. The van der Waals surface area contributed by atoms with Crippen LogP contribution in [0.4, 0.5) is 5.69 Å². The standard InChI is InChI=1S/C17H15NO3/c1-2-10-4-3-5-13(8-10)18-16(19)14-11-6-7-12(9-11)15(14)17(20)21/h1,3-8,11-12,14-15H,9H2,(H,18,19)(H,20,21). The van der Waals surface area contributed by atoms with Gasteiger partial charge in [0.1, 0.15) is 0 Å². The van der Waals surface area contributed by atoms with Crippen molar-refractivity contribution in [2.24, 2.45) is 23.7 Å². The van der Waals surface area contributed by atoms with Crippen LogP contribution >= 0.6 is 0 Å². The van der Waals surface area contributed by atoms with Gasteiger partial charge in [0.2, 0.25) is 5.91 Å². The van der Waals surface area contributed by atoms with Gasteiger partial charge >= 0.3 is 5.97 Å².